The largest absolute Gasteiger partial charge is 0.392 e. The topological polar surface area (TPSA) is 37.6 Å². The summed E-state index contributed by atoms with van der Waals surface area (Å²) >= 11 is 0. The summed E-state index contributed by atoms with van der Waals surface area (Å²) in [7, 11) is 2.08. The second-order valence-corrected chi connectivity index (χ2v) is 5.58. The molecule has 0 unspecified atom stereocenters. The standard InChI is InChI=1S/C17H22N2O2/c1-18-8-2-3-16(18)17-13-21-10-9-19(17)11-14-4-6-15(12-20)7-5-14/h2-8,17,20H,9-13H2,1H3/t17-/m0/s1. The van der Waals surface area contributed by atoms with E-state index in [2.05, 4.69) is 47.0 Å². The molecule has 1 aromatic heterocycles. The average Bonchev–Trinajstić information content (AvgIpc) is 2.95. The number of aliphatic hydroxyl groups excluding tert-OH is 1. The average molecular weight is 286 g/mol. The van der Waals surface area contributed by atoms with Gasteiger partial charge in [0.1, 0.15) is 0 Å². The lowest BCUT2D eigenvalue weighted by Gasteiger charge is -2.36. The number of hydrogen-bond donors (Lipinski definition) is 1. The second kappa shape index (κ2) is 6.43. The Bertz CT molecular complexity index is 577. The number of aromatic nitrogens is 1. The smallest absolute Gasteiger partial charge is 0.0741 e. The fourth-order valence-electron chi connectivity index (χ4n) is 2.90. The van der Waals surface area contributed by atoms with E-state index in [0.717, 1.165) is 31.9 Å². The molecule has 1 aromatic carbocycles. The molecular formula is C17H22N2O2. The van der Waals surface area contributed by atoms with Crippen LogP contribution in [0.15, 0.2) is 42.6 Å². The van der Waals surface area contributed by atoms with Gasteiger partial charge in [0, 0.05) is 32.0 Å². The van der Waals surface area contributed by atoms with E-state index >= 15 is 0 Å². The van der Waals surface area contributed by atoms with Crippen LogP contribution in [0.1, 0.15) is 22.9 Å². The summed E-state index contributed by atoms with van der Waals surface area (Å²) in [5.41, 5.74) is 3.52. The highest BCUT2D eigenvalue weighted by atomic mass is 16.5. The van der Waals surface area contributed by atoms with Gasteiger partial charge in [0.05, 0.1) is 25.9 Å². The van der Waals surface area contributed by atoms with Crippen LogP contribution in [0.2, 0.25) is 0 Å². The van der Waals surface area contributed by atoms with E-state index in [0.29, 0.717) is 6.04 Å². The third-order valence-electron chi connectivity index (χ3n) is 4.16. The van der Waals surface area contributed by atoms with Gasteiger partial charge in [0.25, 0.3) is 0 Å². The van der Waals surface area contributed by atoms with Gasteiger partial charge >= 0.3 is 0 Å². The number of aryl methyl sites for hydroxylation is 1. The zero-order valence-corrected chi connectivity index (χ0v) is 12.4. The molecule has 0 amide bonds. The zero-order chi connectivity index (χ0) is 14.7. The summed E-state index contributed by atoms with van der Waals surface area (Å²) in [6.45, 7) is 3.48. The first-order valence-corrected chi connectivity index (χ1v) is 7.39. The van der Waals surface area contributed by atoms with Gasteiger partial charge in [-0.15, -0.1) is 0 Å². The predicted molar refractivity (Wildman–Crippen MR) is 81.7 cm³/mol. The first-order valence-electron chi connectivity index (χ1n) is 7.39. The van der Waals surface area contributed by atoms with Crippen LogP contribution in [0, 0.1) is 0 Å². The Morgan fingerprint density at radius 1 is 1.19 bits per heavy atom. The lowest BCUT2D eigenvalue weighted by Crippen LogP contribution is -2.39. The molecule has 4 heteroatoms. The van der Waals surface area contributed by atoms with Gasteiger partial charge < -0.3 is 14.4 Å². The SMILES string of the molecule is Cn1cccc1[C@@H]1COCCN1Cc1ccc(CO)cc1. The molecule has 4 nitrogen and oxygen atoms in total. The van der Waals surface area contributed by atoms with Crippen molar-refractivity contribution in [2.45, 2.75) is 19.2 Å². The van der Waals surface area contributed by atoms with E-state index < -0.39 is 0 Å². The summed E-state index contributed by atoms with van der Waals surface area (Å²) in [6.07, 6.45) is 2.08. The van der Waals surface area contributed by atoms with Crippen LogP contribution >= 0.6 is 0 Å². The molecule has 1 saturated heterocycles. The summed E-state index contributed by atoms with van der Waals surface area (Å²) in [4.78, 5) is 2.47. The summed E-state index contributed by atoms with van der Waals surface area (Å²) < 4.78 is 7.85. The third-order valence-corrected chi connectivity index (χ3v) is 4.16. The van der Waals surface area contributed by atoms with E-state index in [1.54, 1.807) is 0 Å². The zero-order valence-electron chi connectivity index (χ0n) is 12.4. The van der Waals surface area contributed by atoms with Crippen molar-refractivity contribution in [3.63, 3.8) is 0 Å². The van der Waals surface area contributed by atoms with E-state index in [4.69, 9.17) is 9.84 Å². The highest BCUT2D eigenvalue weighted by Crippen LogP contribution is 2.26. The lowest BCUT2D eigenvalue weighted by molar-refractivity contribution is -0.0152. The van der Waals surface area contributed by atoms with Crippen molar-refractivity contribution in [2.75, 3.05) is 19.8 Å². The van der Waals surface area contributed by atoms with Crippen LogP contribution in [0.4, 0.5) is 0 Å². The Balaban J connectivity index is 1.76. The molecule has 0 radical (unpaired) electrons. The molecule has 0 spiro atoms. The Morgan fingerprint density at radius 2 is 1.95 bits per heavy atom. The Morgan fingerprint density at radius 3 is 2.62 bits per heavy atom. The van der Waals surface area contributed by atoms with Crippen molar-refractivity contribution in [1.29, 1.82) is 0 Å². The molecule has 112 valence electrons. The molecular weight excluding hydrogens is 264 g/mol. The van der Waals surface area contributed by atoms with Crippen LogP contribution < -0.4 is 0 Å². The van der Waals surface area contributed by atoms with Crippen molar-refractivity contribution in [3.05, 3.63) is 59.4 Å². The number of rotatable bonds is 4. The fraction of sp³-hybridized carbons (Fsp3) is 0.412. The lowest BCUT2D eigenvalue weighted by atomic mass is 10.1. The summed E-state index contributed by atoms with van der Waals surface area (Å²) in [5, 5.41) is 9.12. The van der Waals surface area contributed by atoms with Crippen LogP contribution in [-0.4, -0.2) is 34.3 Å². The monoisotopic (exact) mass is 286 g/mol. The van der Waals surface area contributed by atoms with Gasteiger partial charge in [0.2, 0.25) is 0 Å². The third kappa shape index (κ3) is 3.18. The molecule has 3 rings (SSSR count). The van der Waals surface area contributed by atoms with Gasteiger partial charge in [-0.3, -0.25) is 4.90 Å². The van der Waals surface area contributed by atoms with E-state index in [9.17, 15) is 0 Å². The molecule has 0 bridgehead atoms. The van der Waals surface area contributed by atoms with Gasteiger partial charge in [-0.25, -0.2) is 0 Å². The Hall–Kier alpha value is -1.62. The molecule has 2 heterocycles. The first kappa shape index (κ1) is 14.3. The maximum Gasteiger partial charge on any atom is 0.0741 e. The van der Waals surface area contributed by atoms with Crippen molar-refractivity contribution in [1.82, 2.24) is 9.47 Å². The maximum atomic E-state index is 9.12. The van der Waals surface area contributed by atoms with E-state index in [1.165, 1.54) is 11.3 Å². The van der Waals surface area contributed by atoms with Crippen molar-refractivity contribution >= 4 is 0 Å². The van der Waals surface area contributed by atoms with Crippen molar-refractivity contribution in [3.8, 4) is 0 Å². The fourth-order valence-corrected chi connectivity index (χ4v) is 2.90. The van der Waals surface area contributed by atoms with Crippen LogP contribution in [0.25, 0.3) is 0 Å². The highest BCUT2D eigenvalue weighted by molar-refractivity contribution is 5.22. The van der Waals surface area contributed by atoms with E-state index in [1.807, 2.05) is 12.1 Å². The van der Waals surface area contributed by atoms with Crippen molar-refractivity contribution in [2.24, 2.45) is 7.05 Å². The second-order valence-electron chi connectivity index (χ2n) is 5.58. The normalized spacial score (nSPS) is 19.8. The van der Waals surface area contributed by atoms with Crippen LogP contribution in [-0.2, 0) is 24.9 Å². The molecule has 1 aliphatic rings. The van der Waals surface area contributed by atoms with Crippen LogP contribution in [0.5, 0.6) is 0 Å². The molecule has 0 aliphatic carbocycles. The van der Waals surface area contributed by atoms with E-state index in [-0.39, 0.29) is 6.61 Å². The highest BCUT2D eigenvalue weighted by Gasteiger charge is 2.26. The minimum Gasteiger partial charge on any atom is -0.392 e. The number of benzene rings is 1. The number of hydrogen-bond acceptors (Lipinski definition) is 3. The Labute approximate surface area is 125 Å². The predicted octanol–water partition coefficient (Wildman–Crippen LogP) is 2.09. The number of aliphatic hydroxyl groups is 1. The van der Waals surface area contributed by atoms with Gasteiger partial charge in [-0.05, 0) is 23.3 Å². The summed E-state index contributed by atoms with van der Waals surface area (Å²) in [6, 6.07) is 12.7. The van der Waals surface area contributed by atoms with Gasteiger partial charge in [-0.2, -0.15) is 0 Å². The molecule has 0 saturated carbocycles. The maximum absolute atomic E-state index is 9.12. The molecule has 2 aromatic rings. The minimum atomic E-state index is 0.101. The van der Waals surface area contributed by atoms with Crippen molar-refractivity contribution < 1.29 is 9.84 Å². The van der Waals surface area contributed by atoms with Gasteiger partial charge in [0.15, 0.2) is 0 Å². The molecule has 1 fully saturated rings. The minimum absolute atomic E-state index is 0.101. The molecule has 21 heavy (non-hydrogen) atoms. The number of morpholine rings is 1. The number of ether oxygens (including phenoxy) is 1. The molecule has 1 N–H and O–H groups in total. The quantitative estimate of drug-likeness (QED) is 0.935. The van der Waals surface area contributed by atoms with Gasteiger partial charge in [-0.1, -0.05) is 24.3 Å². The first-order chi connectivity index (χ1) is 10.3. The number of nitrogens with zero attached hydrogens (tertiary/aromatic N) is 2. The molecule has 1 atom stereocenters. The summed E-state index contributed by atoms with van der Waals surface area (Å²) in [5.74, 6) is 0. The molecule has 1 aliphatic heterocycles. The van der Waals surface area contributed by atoms with Crippen LogP contribution in [0.3, 0.4) is 0 Å². The Kier molecular flexibility index (Phi) is 4.39.